The van der Waals surface area contributed by atoms with Gasteiger partial charge in [-0.25, -0.2) is 0 Å². The van der Waals surface area contributed by atoms with Crippen LogP contribution in [0.15, 0.2) is 36.4 Å². The second-order valence-electron chi connectivity index (χ2n) is 11.5. The highest BCUT2D eigenvalue weighted by Gasteiger charge is 2.21. The predicted molar refractivity (Wildman–Crippen MR) is 177 cm³/mol. The fraction of sp³-hybridized carbons (Fsp3) is 0.514. The van der Waals surface area contributed by atoms with Crippen LogP contribution in [0.25, 0.3) is 0 Å². The van der Waals surface area contributed by atoms with E-state index in [2.05, 4.69) is 44.4 Å². The van der Waals surface area contributed by atoms with Gasteiger partial charge >= 0.3 is 0 Å². The van der Waals surface area contributed by atoms with E-state index in [0.29, 0.717) is 49.6 Å². The summed E-state index contributed by atoms with van der Waals surface area (Å²) in [6.45, 7) is 8.50. The van der Waals surface area contributed by atoms with Crippen LogP contribution in [0.3, 0.4) is 0 Å². The van der Waals surface area contributed by atoms with Crippen molar-refractivity contribution in [2.75, 3.05) is 65.8 Å². The van der Waals surface area contributed by atoms with Crippen LogP contribution in [0, 0.1) is 11.8 Å². The molecule has 1 aliphatic rings. The predicted octanol–water partition coefficient (Wildman–Crippen LogP) is 3.19. The van der Waals surface area contributed by atoms with Gasteiger partial charge in [0.05, 0.1) is 26.0 Å². The molecule has 0 radical (unpaired) electrons. The van der Waals surface area contributed by atoms with Gasteiger partial charge in [0.25, 0.3) is 0 Å². The molecule has 0 saturated carbocycles. The summed E-state index contributed by atoms with van der Waals surface area (Å²) in [5.74, 6) is 7.46. The summed E-state index contributed by atoms with van der Waals surface area (Å²) >= 11 is 0. The van der Waals surface area contributed by atoms with Gasteiger partial charge in [0, 0.05) is 56.2 Å². The summed E-state index contributed by atoms with van der Waals surface area (Å²) < 4.78 is 11.2. The van der Waals surface area contributed by atoms with Crippen molar-refractivity contribution in [1.82, 2.24) is 20.4 Å². The van der Waals surface area contributed by atoms with E-state index in [9.17, 15) is 14.4 Å². The first kappa shape index (κ1) is 35.7. The van der Waals surface area contributed by atoms with Crippen molar-refractivity contribution in [3.05, 3.63) is 58.7 Å². The number of imide groups is 1. The van der Waals surface area contributed by atoms with Crippen LogP contribution < -0.4 is 21.1 Å². The molecule has 2 aromatic carbocycles. The Morgan fingerprint density at radius 3 is 2.71 bits per heavy atom. The Morgan fingerprint density at radius 2 is 1.98 bits per heavy atom. The number of likely N-dealkylation sites (tertiary alicyclic amines) is 1. The lowest BCUT2D eigenvalue weighted by molar-refractivity contribution is -0.125. The van der Waals surface area contributed by atoms with Gasteiger partial charge in [-0.05, 0) is 81.6 Å². The quantitative estimate of drug-likeness (QED) is 0.0998. The fourth-order valence-electron chi connectivity index (χ4n) is 5.46. The van der Waals surface area contributed by atoms with Crippen molar-refractivity contribution in [3.8, 4) is 17.6 Å². The van der Waals surface area contributed by atoms with E-state index < -0.39 is 0 Å². The van der Waals surface area contributed by atoms with E-state index in [1.807, 2.05) is 32.2 Å². The molecule has 10 heteroatoms. The van der Waals surface area contributed by atoms with Gasteiger partial charge in [-0.15, -0.1) is 0 Å². The van der Waals surface area contributed by atoms with Gasteiger partial charge < -0.3 is 25.4 Å². The van der Waals surface area contributed by atoms with Crippen LogP contribution in [0.2, 0.25) is 0 Å². The van der Waals surface area contributed by atoms with E-state index in [-0.39, 0.29) is 18.4 Å². The second kappa shape index (κ2) is 19.6. The molecule has 1 unspecified atom stereocenters. The smallest absolute Gasteiger partial charge is 0.226 e. The van der Waals surface area contributed by atoms with Crippen LogP contribution in [-0.4, -0.2) is 94.5 Å². The zero-order valence-corrected chi connectivity index (χ0v) is 27.0. The Balaban J connectivity index is 1.31. The number of nitrogen functional groups attached to an aromatic ring is 1. The SMILES string of the molecule is COc1cc(C2CCN(CCOCCNCCC#Cc3cccc(C=O)c3CN(C)C(C)CCC(=O)NC=O)CC2)ccc1N. The number of hydrogen-bond acceptors (Lipinski definition) is 9. The first-order valence-electron chi connectivity index (χ1n) is 15.8. The lowest BCUT2D eigenvalue weighted by atomic mass is 9.89. The molecule has 0 spiro atoms. The summed E-state index contributed by atoms with van der Waals surface area (Å²) in [6.07, 6.45) is 5.03. The van der Waals surface area contributed by atoms with E-state index in [4.69, 9.17) is 15.2 Å². The van der Waals surface area contributed by atoms with Crippen LogP contribution in [0.1, 0.15) is 72.0 Å². The summed E-state index contributed by atoms with van der Waals surface area (Å²) in [4.78, 5) is 38.4. The summed E-state index contributed by atoms with van der Waals surface area (Å²) in [6, 6.07) is 11.8. The van der Waals surface area contributed by atoms with Crippen molar-refractivity contribution in [2.45, 2.75) is 57.5 Å². The average molecular weight is 620 g/mol. The number of nitrogens with two attached hydrogens (primary N) is 1. The van der Waals surface area contributed by atoms with Gasteiger partial charge in [-0.2, -0.15) is 0 Å². The molecular weight excluding hydrogens is 570 g/mol. The molecule has 10 nitrogen and oxygen atoms in total. The normalized spacial score (nSPS) is 14.4. The topological polar surface area (TPSA) is 126 Å². The maximum absolute atomic E-state index is 11.7. The molecule has 1 fully saturated rings. The van der Waals surface area contributed by atoms with Crippen molar-refractivity contribution < 1.29 is 23.9 Å². The van der Waals surface area contributed by atoms with E-state index in [0.717, 1.165) is 75.3 Å². The number of anilines is 1. The molecule has 0 aromatic heterocycles. The molecule has 3 rings (SSSR count). The Bertz CT molecular complexity index is 1300. The molecule has 4 N–H and O–H groups in total. The number of methoxy groups -OCH3 is 1. The number of hydrogen-bond donors (Lipinski definition) is 3. The summed E-state index contributed by atoms with van der Waals surface area (Å²) in [7, 11) is 3.61. The molecule has 45 heavy (non-hydrogen) atoms. The molecule has 2 aromatic rings. The molecule has 0 aliphatic carbocycles. The van der Waals surface area contributed by atoms with Crippen molar-refractivity contribution in [1.29, 1.82) is 0 Å². The number of aldehydes is 1. The zero-order valence-electron chi connectivity index (χ0n) is 27.0. The third kappa shape index (κ3) is 11.9. The fourth-order valence-corrected chi connectivity index (χ4v) is 5.46. The monoisotopic (exact) mass is 619 g/mol. The van der Waals surface area contributed by atoms with Gasteiger partial charge in [0.1, 0.15) is 12.0 Å². The number of nitrogens with one attached hydrogen (secondary N) is 2. The second-order valence-corrected chi connectivity index (χ2v) is 11.5. The Kier molecular flexibility index (Phi) is 15.6. The van der Waals surface area contributed by atoms with Crippen LogP contribution in [0.4, 0.5) is 5.69 Å². The zero-order chi connectivity index (χ0) is 32.4. The van der Waals surface area contributed by atoms with Gasteiger partial charge in [-0.1, -0.05) is 30.0 Å². The molecule has 1 saturated heterocycles. The van der Waals surface area contributed by atoms with Gasteiger partial charge in [0.2, 0.25) is 12.3 Å². The number of ether oxygens (including phenoxy) is 2. The van der Waals surface area contributed by atoms with Crippen molar-refractivity contribution >= 4 is 24.3 Å². The number of piperidine rings is 1. The Hall–Kier alpha value is -3.75. The van der Waals surface area contributed by atoms with Crippen molar-refractivity contribution in [2.24, 2.45) is 0 Å². The molecule has 2 amide bonds. The van der Waals surface area contributed by atoms with Crippen LogP contribution in [-0.2, 0) is 20.9 Å². The van der Waals surface area contributed by atoms with Gasteiger partial charge in [0.15, 0.2) is 0 Å². The minimum atomic E-state index is -0.297. The van der Waals surface area contributed by atoms with Gasteiger partial charge in [-0.3, -0.25) is 24.6 Å². The highest BCUT2D eigenvalue weighted by atomic mass is 16.5. The third-order valence-electron chi connectivity index (χ3n) is 8.45. The standard InChI is InChI=1S/C35H49N5O5/c1-27(10-13-35(43)38-26-42)39(2)24-32-29(8-6-9-31(32)25-41)7-4-5-16-37-17-21-45-22-20-40-18-14-28(15-19-40)30-11-12-33(36)34(23-30)44-3/h6,8-9,11-12,23,25-28,37H,5,10,13-22,24,36H2,1-3H3,(H,38,42,43). The Morgan fingerprint density at radius 1 is 1.18 bits per heavy atom. The first-order chi connectivity index (χ1) is 21.9. The molecule has 244 valence electrons. The minimum Gasteiger partial charge on any atom is -0.495 e. The lowest BCUT2D eigenvalue weighted by Crippen LogP contribution is -2.35. The number of nitrogens with zero attached hydrogens (tertiary/aromatic N) is 2. The van der Waals surface area contributed by atoms with E-state index in [1.165, 1.54) is 5.56 Å². The van der Waals surface area contributed by atoms with Crippen LogP contribution >= 0.6 is 0 Å². The lowest BCUT2D eigenvalue weighted by Gasteiger charge is -2.32. The van der Waals surface area contributed by atoms with E-state index in [1.54, 1.807) is 13.2 Å². The van der Waals surface area contributed by atoms with E-state index >= 15 is 0 Å². The molecule has 1 heterocycles. The molecule has 1 aliphatic heterocycles. The maximum Gasteiger partial charge on any atom is 0.226 e. The summed E-state index contributed by atoms with van der Waals surface area (Å²) in [5, 5.41) is 5.55. The number of carbonyl (C=O) groups excluding carboxylic acids is 3. The average Bonchev–Trinajstić information content (AvgIpc) is 3.05. The summed E-state index contributed by atoms with van der Waals surface area (Å²) in [5.41, 5.74) is 10.3. The highest BCUT2D eigenvalue weighted by Crippen LogP contribution is 2.32. The minimum absolute atomic E-state index is 0.0759. The number of rotatable bonds is 18. The molecule has 1 atom stereocenters. The number of amides is 2. The highest BCUT2D eigenvalue weighted by molar-refractivity contribution is 5.85. The Labute approximate surface area is 268 Å². The van der Waals surface area contributed by atoms with Crippen LogP contribution in [0.5, 0.6) is 5.75 Å². The number of benzene rings is 2. The largest absolute Gasteiger partial charge is 0.495 e. The molecular formula is C35H49N5O5. The van der Waals surface area contributed by atoms with Crippen molar-refractivity contribution in [3.63, 3.8) is 0 Å². The molecule has 0 bridgehead atoms. The number of carbonyl (C=O) groups is 3. The first-order valence-corrected chi connectivity index (χ1v) is 15.8. The maximum atomic E-state index is 11.7. The third-order valence-corrected chi connectivity index (χ3v) is 8.45.